The van der Waals surface area contributed by atoms with E-state index in [1.807, 2.05) is 20.8 Å². The van der Waals surface area contributed by atoms with Crippen molar-refractivity contribution in [2.45, 2.75) is 83.4 Å². The predicted molar refractivity (Wildman–Crippen MR) is 79.1 cm³/mol. The maximum Gasteiger partial charge on any atom is 0.411 e. The van der Waals surface area contributed by atoms with Crippen molar-refractivity contribution in [3.05, 3.63) is 0 Å². The lowest BCUT2D eigenvalue weighted by Gasteiger charge is -2.45. The highest BCUT2D eigenvalue weighted by atomic mass is 16.6. The molecule has 0 aromatic carbocycles. The fourth-order valence-corrected chi connectivity index (χ4v) is 3.36. The van der Waals surface area contributed by atoms with Crippen molar-refractivity contribution in [2.75, 3.05) is 0 Å². The van der Waals surface area contributed by atoms with Gasteiger partial charge in [-0.15, -0.1) is 0 Å². The van der Waals surface area contributed by atoms with Crippen LogP contribution in [0.3, 0.4) is 0 Å². The van der Waals surface area contributed by atoms with Gasteiger partial charge in [-0.2, -0.15) is 0 Å². The van der Waals surface area contributed by atoms with E-state index in [-0.39, 0.29) is 6.04 Å². The smallest absolute Gasteiger partial charge is 0.411 e. The number of carboxylic acids is 1. The zero-order chi connectivity index (χ0) is 15.8. The molecule has 0 aromatic rings. The Kier molecular flexibility index (Phi) is 4.22. The van der Waals surface area contributed by atoms with Gasteiger partial charge in [-0.25, -0.2) is 9.59 Å². The van der Waals surface area contributed by atoms with Crippen LogP contribution in [0, 0.1) is 5.92 Å². The van der Waals surface area contributed by atoms with Crippen LogP contribution in [0.4, 0.5) is 4.79 Å². The molecule has 2 aliphatic carbocycles. The molecule has 0 heterocycles. The molecule has 2 unspecified atom stereocenters. The van der Waals surface area contributed by atoms with Crippen molar-refractivity contribution < 1.29 is 19.4 Å². The Hall–Kier alpha value is -1.26. The second kappa shape index (κ2) is 5.50. The number of rotatable bonds is 3. The Morgan fingerprint density at radius 1 is 1.24 bits per heavy atom. The average molecular weight is 297 g/mol. The number of carboxylic acid groups (broad SMARTS) is 1. The van der Waals surface area contributed by atoms with Gasteiger partial charge in [-0.05, 0) is 52.4 Å². The molecule has 0 spiro atoms. The summed E-state index contributed by atoms with van der Waals surface area (Å²) in [5.41, 5.74) is -1.69. The van der Waals surface area contributed by atoms with Crippen LogP contribution in [0.2, 0.25) is 0 Å². The van der Waals surface area contributed by atoms with Gasteiger partial charge in [0.1, 0.15) is 11.1 Å². The third kappa shape index (κ3) is 3.50. The number of hydrogen-bond acceptors (Lipinski definition) is 3. The SMILES string of the molecule is CC1CCCC(C(=O)O)(N(C(=O)OC(C)(C)C)C2CC2)C1. The van der Waals surface area contributed by atoms with Crippen LogP contribution in [0.5, 0.6) is 0 Å². The fourth-order valence-electron chi connectivity index (χ4n) is 3.36. The van der Waals surface area contributed by atoms with Crippen LogP contribution in [-0.2, 0) is 9.53 Å². The highest BCUT2D eigenvalue weighted by Gasteiger charge is 2.54. The first kappa shape index (κ1) is 16.1. The van der Waals surface area contributed by atoms with E-state index in [1.54, 1.807) is 4.90 Å². The first-order valence-electron chi connectivity index (χ1n) is 7.91. The van der Waals surface area contributed by atoms with Crippen molar-refractivity contribution in [2.24, 2.45) is 5.92 Å². The number of ether oxygens (including phenoxy) is 1. The molecule has 2 aliphatic rings. The average Bonchev–Trinajstić information content (AvgIpc) is 3.10. The van der Waals surface area contributed by atoms with E-state index in [0.717, 1.165) is 25.7 Å². The molecule has 5 nitrogen and oxygen atoms in total. The summed E-state index contributed by atoms with van der Waals surface area (Å²) in [5.74, 6) is -0.564. The highest BCUT2D eigenvalue weighted by molar-refractivity contribution is 5.85. The summed E-state index contributed by atoms with van der Waals surface area (Å²) in [6, 6.07) is 0.0289. The van der Waals surface area contributed by atoms with E-state index >= 15 is 0 Å². The summed E-state index contributed by atoms with van der Waals surface area (Å²) in [6.07, 6.45) is 4.22. The van der Waals surface area contributed by atoms with Gasteiger partial charge in [0.2, 0.25) is 0 Å². The minimum atomic E-state index is -1.08. The van der Waals surface area contributed by atoms with Gasteiger partial charge in [0, 0.05) is 6.04 Å². The zero-order valence-electron chi connectivity index (χ0n) is 13.5. The summed E-state index contributed by atoms with van der Waals surface area (Å²) in [4.78, 5) is 26.2. The minimum Gasteiger partial charge on any atom is -0.479 e. The molecule has 120 valence electrons. The summed E-state index contributed by atoms with van der Waals surface area (Å²) < 4.78 is 5.49. The topological polar surface area (TPSA) is 66.8 Å². The second-order valence-corrected chi connectivity index (χ2v) is 7.62. The predicted octanol–water partition coefficient (Wildman–Crippen LogP) is 3.42. The van der Waals surface area contributed by atoms with Crippen LogP contribution in [0.25, 0.3) is 0 Å². The Balaban J connectivity index is 2.29. The third-order valence-corrected chi connectivity index (χ3v) is 4.33. The molecule has 0 saturated heterocycles. The Morgan fingerprint density at radius 3 is 2.29 bits per heavy atom. The number of carbonyl (C=O) groups excluding carboxylic acids is 1. The highest BCUT2D eigenvalue weighted by Crippen LogP contribution is 2.43. The van der Waals surface area contributed by atoms with E-state index in [2.05, 4.69) is 6.92 Å². The van der Waals surface area contributed by atoms with E-state index in [4.69, 9.17) is 4.74 Å². The molecular formula is C16H27NO4. The van der Waals surface area contributed by atoms with Gasteiger partial charge in [0.05, 0.1) is 0 Å². The molecule has 5 heteroatoms. The molecule has 0 radical (unpaired) electrons. The van der Waals surface area contributed by atoms with Gasteiger partial charge >= 0.3 is 12.1 Å². The number of carbonyl (C=O) groups is 2. The monoisotopic (exact) mass is 297 g/mol. The maximum absolute atomic E-state index is 12.6. The van der Waals surface area contributed by atoms with Crippen LogP contribution in [0.1, 0.15) is 66.2 Å². The molecule has 2 atom stereocenters. The molecule has 1 N–H and O–H groups in total. The molecule has 0 aliphatic heterocycles. The summed E-state index contributed by atoms with van der Waals surface area (Å²) >= 11 is 0. The normalized spacial score (nSPS) is 29.8. The maximum atomic E-state index is 12.6. The van der Waals surface area contributed by atoms with E-state index in [1.165, 1.54) is 0 Å². The largest absolute Gasteiger partial charge is 0.479 e. The first-order valence-corrected chi connectivity index (χ1v) is 7.91. The molecule has 21 heavy (non-hydrogen) atoms. The van der Waals surface area contributed by atoms with Gasteiger partial charge < -0.3 is 9.84 Å². The quantitative estimate of drug-likeness (QED) is 0.866. The van der Waals surface area contributed by atoms with Crippen molar-refractivity contribution in [3.8, 4) is 0 Å². The van der Waals surface area contributed by atoms with Crippen molar-refractivity contribution >= 4 is 12.1 Å². The summed E-state index contributed by atoms with van der Waals surface area (Å²) in [6.45, 7) is 7.50. The van der Waals surface area contributed by atoms with Gasteiger partial charge in [0.25, 0.3) is 0 Å². The van der Waals surface area contributed by atoms with E-state index in [9.17, 15) is 14.7 Å². The lowest BCUT2D eigenvalue weighted by molar-refractivity contribution is -0.155. The number of hydrogen-bond donors (Lipinski definition) is 1. The lowest BCUT2D eigenvalue weighted by atomic mass is 9.75. The number of amides is 1. The summed E-state index contributed by atoms with van der Waals surface area (Å²) in [7, 11) is 0. The van der Waals surface area contributed by atoms with Gasteiger partial charge in [-0.3, -0.25) is 4.90 Å². The van der Waals surface area contributed by atoms with Gasteiger partial charge in [0.15, 0.2) is 0 Å². The van der Waals surface area contributed by atoms with Crippen LogP contribution < -0.4 is 0 Å². The Bertz CT molecular complexity index is 424. The first-order chi connectivity index (χ1) is 9.66. The summed E-state index contributed by atoms with van der Waals surface area (Å²) in [5, 5.41) is 9.85. The van der Waals surface area contributed by atoms with Crippen molar-refractivity contribution in [1.29, 1.82) is 0 Å². The Labute approximate surface area is 126 Å². The molecule has 1 amide bonds. The number of nitrogens with zero attached hydrogens (tertiary/aromatic N) is 1. The molecule has 0 bridgehead atoms. The third-order valence-electron chi connectivity index (χ3n) is 4.33. The standard InChI is InChI=1S/C16H27NO4/c1-11-6-5-9-16(10-11,13(18)19)17(12-7-8-12)14(20)21-15(2,3)4/h11-12H,5-10H2,1-4H3,(H,18,19). The van der Waals surface area contributed by atoms with E-state index < -0.39 is 23.2 Å². The van der Waals surface area contributed by atoms with E-state index in [0.29, 0.717) is 18.8 Å². The lowest BCUT2D eigenvalue weighted by Crippen LogP contribution is -2.60. The van der Waals surface area contributed by atoms with Crippen molar-refractivity contribution in [3.63, 3.8) is 0 Å². The van der Waals surface area contributed by atoms with Crippen LogP contribution in [-0.4, -0.2) is 39.3 Å². The van der Waals surface area contributed by atoms with Gasteiger partial charge in [-0.1, -0.05) is 19.8 Å². The second-order valence-electron chi connectivity index (χ2n) is 7.62. The molecule has 2 rings (SSSR count). The molecule has 2 fully saturated rings. The zero-order valence-corrected chi connectivity index (χ0v) is 13.5. The molecule has 2 saturated carbocycles. The Morgan fingerprint density at radius 2 is 1.86 bits per heavy atom. The molecular weight excluding hydrogens is 270 g/mol. The molecule has 0 aromatic heterocycles. The minimum absolute atomic E-state index is 0.0289. The fraction of sp³-hybridized carbons (Fsp3) is 0.875. The van der Waals surface area contributed by atoms with Crippen LogP contribution >= 0.6 is 0 Å². The van der Waals surface area contributed by atoms with Crippen LogP contribution in [0.15, 0.2) is 0 Å². The van der Waals surface area contributed by atoms with Crippen molar-refractivity contribution in [1.82, 2.24) is 4.90 Å². The number of aliphatic carboxylic acids is 1.